The van der Waals surface area contributed by atoms with Gasteiger partial charge in [0.05, 0.1) is 10.8 Å². The molecule has 0 aromatic heterocycles. The number of thioether (sulfide) groups is 1. The van der Waals surface area contributed by atoms with E-state index in [0.717, 1.165) is 0 Å². The molecule has 7 nitrogen and oxygen atoms in total. The molecule has 1 aromatic rings. The molecule has 3 atom stereocenters. The van der Waals surface area contributed by atoms with Gasteiger partial charge in [-0.05, 0) is 44.4 Å². The smallest absolute Gasteiger partial charge is 0.308 e. The third-order valence-electron chi connectivity index (χ3n) is 3.79. The molecule has 0 aliphatic carbocycles. The van der Waals surface area contributed by atoms with Gasteiger partial charge in [-0.15, -0.1) is 0 Å². The minimum absolute atomic E-state index is 0.0731. The molecule has 140 valence electrons. The SMILES string of the molecule is CSCCC(NS(=O)(=O)c1ccccc1)C(=O)NC(C)C(C)C(=O)O. The standard InChI is InChI=1S/C16H24N2O5S2/c1-11(16(20)21)12(2)17-15(19)14(9-10-24-3)18-25(22,23)13-7-5-4-6-8-13/h4-8,11-12,14,18H,9-10H2,1-3H3,(H,17,19)(H,20,21). The predicted octanol–water partition coefficient (Wildman–Crippen LogP) is 1.31. The Hall–Kier alpha value is -1.58. The van der Waals surface area contributed by atoms with Gasteiger partial charge in [-0.25, -0.2) is 8.42 Å². The highest BCUT2D eigenvalue weighted by molar-refractivity contribution is 7.98. The number of hydrogen-bond donors (Lipinski definition) is 3. The lowest BCUT2D eigenvalue weighted by molar-refractivity contribution is -0.142. The Morgan fingerprint density at radius 2 is 1.80 bits per heavy atom. The maximum Gasteiger partial charge on any atom is 0.308 e. The van der Waals surface area contributed by atoms with Crippen LogP contribution in [0.1, 0.15) is 20.3 Å². The molecule has 1 rings (SSSR count). The topological polar surface area (TPSA) is 113 Å². The van der Waals surface area contributed by atoms with Crippen molar-refractivity contribution < 1.29 is 23.1 Å². The van der Waals surface area contributed by atoms with Gasteiger partial charge in [0.15, 0.2) is 0 Å². The van der Waals surface area contributed by atoms with Crippen molar-refractivity contribution in [2.45, 2.75) is 37.2 Å². The summed E-state index contributed by atoms with van der Waals surface area (Å²) in [6.07, 6.45) is 2.16. The molecule has 3 N–H and O–H groups in total. The van der Waals surface area contributed by atoms with Crippen molar-refractivity contribution >= 4 is 33.7 Å². The Labute approximate surface area is 152 Å². The first kappa shape index (κ1) is 21.5. The Bertz CT molecular complexity index is 679. The average molecular weight is 389 g/mol. The minimum atomic E-state index is -3.84. The number of carboxylic acid groups (broad SMARTS) is 1. The van der Waals surface area contributed by atoms with E-state index in [9.17, 15) is 18.0 Å². The second-order valence-electron chi connectivity index (χ2n) is 5.69. The zero-order valence-corrected chi connectivity index (χ0v) is 16.1. The molecule has 1 aromatic carbocycles. The van der Waals surface area contributed by atoms with E-state index in [1.54, 1.807) is 25.1 Å². The number of aliphatic carboxylic acids is 1. The molecule has 1 amide bonds. The van der Waals surface area contributed by atoms with Gasteiger partial charge < -0.3 is 10.4 Å². The Balaban J connectivity index is 2.89. The Kier molecular flexibility index (Phi) is 8.40. The van der Waals surface area contributed by atoms with Crippen LogP contribution in [0.3, 0.4) is 0 Å². The molecule has 9 heteroatoms. The molecule has 0 bridgehead atoms. The summed E-state index contributed by atoms with van der Waals surface area (Å²) < 4.78 is 27.3. The highest BCUT2D eigenvalue weighted by Crippen LogP contribution is 2.11. The molecule has 0 heterocycles. The number of hydrogen-bond acceptors (Lipinski definition) is 5. The number of nitrogens with one attached hydrogen (secondary N) is 2. The third-order valence-corrected chi connectivity index (χ3v) is 5.92. The molecule has 0 radical (unpaired) electrons. The molecule has 0 saturated carbocycles. The Morgan fingerprint density at radius 1 is 1.20 bits per heavy atom. The normalized spacial score (nSPS) is 15.2. The molecule has 3 unspecified atom stereocenters. The zero-order chi connectivity index (χ0) is 19.0. The molecule has 0 fully saturated rings. The van der Waals surface area contributed by atoms with Crippen LogP contribution < -0.4 is 10.0 Å². The van der Waals surface area contributed by atoms with Crippen LogP contribution in [0.15, 0.2) is 35.2 Å². The number of carbonyl (C=O) groups excluding carboxylic acids is 1. The van der Waals surface area contributed by atoms with E-state index >= 15 is 0 Å². The summed E-state index contributed by atoms with van der Waals surface area (Å²) in [6.45, 7) is 3.06. The van der Waals surface area contributed by atoms with Crippen molar-refractivity contribution in [2.75, 3.05) is 12.0 Å². The van der Waals surface area contributed by atoms with Crippen LogP contribution in [-0.4, -0.2) is 49.5 Å². The summed E-state index contributed by atoms with van der Waals surface area (Å²) in [5, 5.41) is 11.6. The van der Waals surface area contributed by atoms with Crippen molar-refractivity contribution in [3.63, 3.8) is 0 Å². The van der Waals surface area contributed by atoms with Gasteiger partial charge in [0.2, 0.25) is 15.9 Å². The van der Waals surface area contributed by atoms with Crippen molar-refractivity contribution in [3.8, 4) is 0 Å². The van der Waals surface area contributed by atoms with Crippen LogP contribution in [0.5, 0.6) is 0 Å². The third kappa shape index (κ3) is 6.68. The minimum Gasteiger partial charge on any atom is -0.481 e. The zero-order valence-electron chi connectivity index (χ0n) is 14.4. The van der Waals surface area contributed by atoms with E-state index in [2.05, 4.69) is 10.0 Å². The maximum absolute atomic E-state index is 12.5. The van der Waals surface area contributed by atoms with Gasteiger partial charge in [0, 0.05) is 6.04 Å². The van der Waals surface area contributed by atoms with Crippen LogP contribution in [0.2, 0.25) is 0 Å². The predicted molar refractivity (Wildman–Crippen MR) is 98.0 cm³/mol. The van der Waals surface area contributed by atoms with Gasteiger partial charge in [-0.2, -0.15) is 16.5 Å². The fraction of sp³-hybridized carbons (Fsp3) is 0.500. The van der Waals surface area contributed by atoms with Crippen molar-refractivity contribution in [1.29, 1.82) is 0 Å². The summed E-state index contributed by atoms with van der Waals surface area (Å²) in [5.41, 5.74) is 0. The molecule has 0 saturated heterocycles. The Morgan fingerprint density at radius 3 is 2.32 bits per heavy atom. The highest BCUT2D eigenvalue weighted by atomic mass is 32.2. The summed E-state index contributed by atoms with van der Waals surface area (Å²) in [5.74, 6) is -1.76. The van der Waals surface area contributed by atoms with E-state index in [0.29, 0.717) is 12.2 Å². The number of rotatable bonds is 10. The van der Waals surface area contributed by atoms with Gasteiger partial charge in [-0.3, -0.25) is 9.59 Å². The van der Waals surface area contributed by atoms with E-state index in [-0.39, 0.29) is 4.90 Å². The van der Waals surface area contributed by atoms with Crippen LogP contribution in [-0.2, 0) is 19.6 Å². The molecule has 0 aliphatic heterocycles. The van der Waals surface area contributed by atoms with Crippen LogP contribution in [0, 0.1) is 5.92 Å². The van der Waals surface area contributed by atoms with Crippen molar-refractivity contribution in [1.82, 2.24) is 10.0 Å². The summed E-state index contributed by atoms with van der Waals surface area (Å²) >= 11 is 1.49. The lowest BCUT2D eigenvalue weighted by atomic mass is 10.0. The van der Waals surface area contributed by atoms with Crippen molar-refractivity contribution in [3.05, 3.63) is 30.3 Å². The van der Waals surface area contributed by atoms with E-state index in [1.165, 1.54) is 30.8 Å². The number of amides is 1. The fourth-order valence-corrected chi connectivity index (χ4v) is 3.72. The van der Waals surface area contributed by atoms with Crippen molar-refractivity contribution in [2.24, 2.45) is 5.92 Å². The summed E-state index contributed by atoms with van der Waals surface area (Å²) in [7, 11) is -3.84. The largest absolute Gasteiger partial charge is 0.481 e. The van der Waals surface area contributed by atoms with Crippen LogP contribution >= 0.6 is 11.8 Å². The number of carboxylic acids is 1. The summed E-state index contributed by atoms with van der Waals surface area (Å²) in [4.78, 5) is 23.5. The first-order valence-corrected chi connectivity index (χ1v) is 10.7. The number of carbonyl (C=O) groups is 2. The van der Waals surface area contributed by atoms with Gasteiger partial charge in [0.25, 0.3) is 0 Å². The number of sulfonamides is 1. The fourth-order valence-electron chi connectivity index (χ4n) is 2.00. The monoisotopic (exact) mass is 388 g/mol. The van der Waals surface area contributed by atoms with Gasteiger partial charge >= 0.3 is 5.97 Å². The van der Waals surface area contributed by atoms with Crippen LogP contribution in [0.25, 0.3) is 0 Å². The molecular weight excluding hydrogens is 364 g/mol. The lowest BCUT2D eigenvalue weighted by Gasteiger charge is -2.23. The van der Waals surface area contributed by atoms with E-state index < -0.39 is 39.9 Å². The van der Waals surface area contributed by atoms with Gasteiger partial charge in [-0.1, -0.05) is 18.2 Å². The quantitative estimate of drug-likeness (QED) is 0.557. The maximum atomic E-state index is 12.5. The molecule has 25 heavy (non-hydrogen) atoms. The first-order chi connectivity index (χ1) is 11.7. The molecular formula is C16H24N2O5S2. The molecule has 0 spiro atoms. The first-order valence-electron chi connectivity index (χ1n) is 7.78. The lowest BCUT2D eigenvalue weighted by Crippen LogP contribution is -2.51. The molecule has 0 aliphatic rings. The second kappa shape index (κ2) is 9.79. The van der Waals surface area contributed by atoms with Crippen LogP contribution in [0.4, 0.5) is 0 Å². The second-order valence-corrected chi connectivity index (χ2v) is 8.39. The highest BCUT2D eigenvalue weighted by Gasteiger charge is 2.28. The van der Waals surface area contributed by atoms with Gasteiger partial charge in [0.1, 0.15) is 6.04 Å². The van der Waals surface area contributed by atoms with E-state index in [1.807, 2.05) is 6.26 Å². The summed E-state index contributed by atoms with van der Waals surface area (Å²) in [6, 6.07) is 6.20. The number of benzene rings is 1. The van der Waals surface area contributed by atoms with E-state index in [4.69, 9.17) is 5.11 Å². The average Bonchev–Trinajstić information content (AvgIpc) is 2.58.